The summed E-state index contributed by atoms with van der Waals surface area (Å²) in [5.74, 6) is -0.362. The van der Waals surface area contributed by atoms with Gasteiger partial charge in [-0.25, -0.2) is 0 Å². The first-order valence-corrected chi connectivity index (χ1v) is 5.60. The number of hydrogen-bond donors (Lipinski definition) is 2. The molecule has 1 aromatic rings. The van der Waals surface area contributed by atoms with Gasteiger partial charge in [-0.3, -0.25) is 9.78 Å². The first-order chi connectivity index (χ1) is 8.60. The summed E-state index contributed by atoms with van der Waals surface area (Å²) >= 11 is 0. The first-order valence-electron chi connectivity index (χ1n) is 5.60. The smallest absolute Gasteiger partial charge is 0.306 e. The van der Waals surface area contributed by atoms with Crippen LogP contribution in [0.5, 0.6) is 5.75 Å². The van der Waals surface area contributed by atoms with Gasteiger partial charge in [0.25, 0.3) is 0 Å². The zero-order chi connectivity index (χ0) is 13.5. The van der Waals surface area contributed by atoms with Gasteiger partial charge in [-0.2, -0.15) is 0 Å². The number of hydrogen-bond acceptors (Lipinski definition) is 6. The van der Waals surface area contributed by atoms with E-state index in [4.69, 9.17) is 9.94 Å². The molecule has 0 saturated carbocycles. The number of aryl methyl sites for hydroxylation is 2. The van der Waals surface area contributed by atoms with E-state index >= 15 is 0 Å². The molecule has 1 rings (SSSR count). The number of esters is 1. The molecular formula is C12H16N2O4. The Morgan fingerprint density at radius 1 is 1.61 bits per heavy atom. The van der Waals surface area contributed by atoms with E-state index in [-0.39, 0.29) is 18.1 Å². The lowest BCUT2D eigenvalue weighted by Crippen LogP contribution is -2.07. The fourth-order valence-electron chi connectivity index (χ4n) is 1.52. The van der Waals surface area contributed by atoms with E-state index in [9.17, 15) is 9.90 Å². The second-order valence-electron chi connectivity index (χ2n) is 3.68. The maximum Gasteiger partial charge on any atom is 0.306 e. The van der Waals surface area contributed by atoms with Crippen LogP contribution >= 0.6 is 0 Å². The molecule has 0 aliphatic heterocycles. The Bertz CT molecular complexity index is 458. The van der Waals surface area contributed by atoms with Crippen LogP contribution in [0.1, 0.15) is 30.2 Å². The lowest BCUT2D eigenvalue weighted by atomic mass is 10.0. The van der Waals surface area contributed by atoms with E-state index in [1.165, 1.54) is 0 Å². The summed E-state index contributed by atoms with van der Waals surface area (Å²) in [7, 11) is 0. The zero-order valence-electron chi connectivity index (χ0n) is 10.4. The predicted octanol–water partition coefficient (Wildman–Crippen LogP) is 1.40. The number of pyridine rings is 1. The van der Waals surface area contributed by atoms with Crippen LogP contribution in [0.3, 0.4) is 0 Å². The van der Waals surface area contributed by atoms with Crippen LogP contribution in [-0.2, 0) is 16.0 Å². The van der Waals surface area contributed by atoms with Crippen LogP contribution < -0.4 is 0 Å². The highest BCUT2D eigenvalue weighted by Gasteiger charge is 2.12. The minimum atomic E-state index is -0.315. The van der Waals surface area contributed by atoms with Gasteiger partial charge in [0.05, 0.1) is 18.5 Å². The van der Waals surface area contributed by atoms with Crippen molar-refractivity contribution in [2.24, 2.45) is 5.16 Å². The van der Waals surface area contributed by atoms with Crippen molar-refractivity contribution >= 4 is 12.2 Å². The van der Waals surface area contributed by atoms with Gasteiger partial charge in [-0.1, -0.05) is 5.16 Å². The quantitative estimate of drug-likeness (QED) is 0.357. The molecule has 0 aromatic carbocycles. The molecule has 0 amide bonds. The van der Waals surface area contributed by atoms with E-state index in [2.05, 4.69) is 10.1 Å². The maximum absolute atomic E-state index is 11.2. The fourth-order valence-corrected chi connectivity index (χ4v) is 1.52. The Hall–Kier alpha value is -2.11. The van der Waals surface area contributed by atoms with E-state index < -0.39 is 0 Å². The largest absolute Gasteiger partial charge is 0.505 e. The number of oxime groups is 1. The third-order valence-corrected chi connectivity index (χ3v) is 2.45. The van der Waals surface area contributed by atoms with Crippen molar-refractivity contribution in [3.05, 3.63) is 23.0 Å². The molecule has 0 saturated heterocycles. The molecule has 0 fully saturated rings. The Morgan fingerprint density at radius 2 is 2.33 bits per heavy atom. The van der Waals surface area contributed by atoms with Crippen molar-refractivity contribution < 1.29 is 19.8 Å². The van der Waals surface area contributed by atoms with E-state index in [0.717, 1.165) is 6.21 Å². The highest BCUT2D eigenvalue weighted by molar-refractivity contribution is 5.85. The molecule has 1 aromatic heterocycles. The molecular weight excluding hydrogens is 236 g/mol. The van der Waals surface area contributed by atoms with E-state index in [1.54, 1.807) is 20.0 Å². The van der Waals surface area contributed by atoms with Crippen molar-refractivity contribution in [3.8, 4) is 5.75 Å². The highest BCUT2D eigenvalue weighted by atomic mass is 16.5. The lowest BCUT2D eigenvalue weighted by Gasteiger charge is -2.08. The minimum Gasteiger partial charge on any atom is -0.505 e. The third kappa shape index (κ3) is 3.44. The molecule has 18 heavy (non-hydrogen) atoms. The summed E-state index contributed by atoms with van der Waals surface area (Å²) in [4.78, 5) is 15.2. The first kappa shape index (κ1) is 14.0. The van der Waals surface area contributed by atoms with Gasteiger partial charge < -0.3 is 15.1 Å². The number of carbonyl (C=O) groups excluding carboxylic acids is 1. The van der Waals surface area contributed by atoms with Crippen molar-refractivity contribution in [2.45, 2.75) is 26.7 Å². The molecule has 0 aliphatic carbocycles. The van der Waals surface area contributed by atoms with Crippen LogP contribution in [0, 0.1) is 6.92 Å². The van der Waals surface area contributed by atoms with Crippen molar-refractivity contribution in [2.75, 3.05) is 6.61 Å². The van der Waals surface area contributed by atoms with Gasteiger partial charge in [-0.15, -0.1) is 0 Å². The Labute approximate surface area is 105 Å². The molecule has 0 radical (unpaired) electrons. The molecule has 1 heterocycles. The highest BCUT2D eigenvalue weighted by Crippen LogP contribution is 2.22. The van der Waals surface area contributed by atoms with Gasteiger partial charge in [0.15, 0.2) is 0 Å². The minimum absolute atomic E-state index is 0.0471. The summed E-state index contributed by atoms with van der Waals surface area (Å²) in [5, 5.41) is 21.3. The summed E-state index contributed by atoms with van der Waals surface area (Å²) < 4.78 is 4.81. The Balaban J connectivity index is 2.88. The molecule has 0 bridgehead atoms. The van der Waals surface area contributed by atoms with Gasteiger partial charge in [0.2, 0.25) is 0 Å². The number of ether oxygens (including phenoxy) is 1. The standard InChI is InChI=1S/C12H16N2O4/c1-3-18-11(15)5-4-9-6-13-8(2)12(16)10(9)7-14-17/h6-7,16-17H,3-5H2,1-2H3. The maximum atomic E-state index is 11.2. The molecule has 2 N–H and O–H groups in total. The summed E-state index contributed by atoms with van der Waals surface area (Å²) in [6, 6.07) is 0. The van der Waals surface area contributed by atoms with Gasteiger partial charge in [-0.05, 0) is 25.8 Å². The molecule has 6 nitrogen and oxygen atoms in total. The SMILES string of the molecule is CCOC(=O)CCc1cnc(C)c(O)c1C=NO. The van der Waals surface area contributed by atoms with Gasteiger partial charge >= 0.3 is 5.97 Å². The van der Waals surface area contributed by atoms with Crippen molar-refractivity contribution in [3.63, 3.8) is 0 Å². The monoisotopic (exact) mass is 252 g/mol. The van der Waals surface area contributed by atoms with Crippen molar-refractivity contribution in [1.82, 2.24) is 4.98 Å². The molecule has 0 spiro atoms. The number of aromatic hydroxyl groups is 1. The van der Waals surface area contributed by atoms with E-state index in [1.807, 2.05) is 0 Å². The molecule has 98 valence electrons. The molecule has 6 heteroatoms. The zero-order valence-corrected chi connectivity index (χ0v) is 10.4. The average Bonchev–Trinajstić information content (AvgIpc) is 2.34. The topological polar surface area (TPSA) is 92.0 Å². The second kappa shape index (κ2) is 6.58. The number of aromatic nitrogens is 1. The van der Waals surface area contributed by atoms with Crippen LogP contribution in [0.25, 0.3) is 0 Å². The van der Waals surface area contributed by atoms with Gasteiger partial charge in [0, 0.05) is 18.2 Å². The lowest BCUT2D eigenvalue weighted by molar-refractivity contribution is -0.143. The second-order valence-corrected chi connectivity index (χ2v) is 3.68. The summed E-state index contributed by atoms with van der Waals surface area (Å²) in [5.41, 5.74) is 1.43. The number of carbonyl (C=O) groups is 1. The van der Waals surface area contributed by atoms with Crippen molar-refractivity contribution in [1.29, 1.82) is 0 Å². The average molecular weight is 252 g/mol. The molecule has 0 unspecified atom stereocenters. The predicted molar refractivity (Wildman–Crippen MR) is 65.0 cm³/mol. The normalized spacial score (nSPS) is 10.8. The number of nitrogens with zero attached hydrogens (tertiary/aromatic N) is 2. The molecule has 0 aliphatic rings. The van der Waals surface area contributed by atoms with Crippen LogP contribution in [0.2, 0.25) is 0 Å². The van der Waals surface area contributed by atoms with Gasteiger partial charge in [0.1, 0.15) is 5.75 Å². The Morgan fingerprint density at radius 3 is 2.94 bits per heavy atom. The Kier molecular flexibility index (Phi) is 5.10. The van der Waals surface area contributed by atoms with Crippen LogP contribution in [0.15, 0.2) is 11.4 Å². The summed E-state index contributed by atoms with van der Waals surface area (Å²) in [6.07, 6.45) is 3.22. The van der Waals surface area contributed by atoms with Crippen LogP contribution in [0.4, 0.5) is 0 Å². The van der Waals surface area contributed by atoms with E-state index in [0.29, 0.717) is 29.8 Å². The third-order valence-electron chi connectivity index (χ3n) is 2.45. The summed E-state index contributed by atoms with van der Waals surface area (Å²) in [6.45, 7) is 3.71. The van der Waals surface area contributed by atoms with Crippen LogP contribution in [-0.4, -0.2) is 34.1 Å². The number of rotatable bonds is 5. The fraction of sp³-hybridized carbons (Fsp3) is 0.417. The molecule has 0 atom stereocenters.